The van der Waals surface area contributed by atoms with Crippen molar-refractivity contribution < 1.29 is 0 Å². The van der Waals surface area contributed by atoms with E-state index in [1.54, 1.807) is 0 Å². The Morgan fingerprint density at radius 3 is 2.00 bits per heavy atom. The summed E-state index contributed by atoms with van der Waals surface area (Å²) in [6.07, 6.45) is 0. The molecule has 2 aromatic rings. The Kier molecular flexibility index (Phi) is 2.83. The van der Waals surface area contributed by atoms with E-state index in [1.165, 1.54) is 0 Å². The minimum atomic E-state index is 0.937. The average molecular weight is 252 g/mol. The van der Waals surface area contributed by atoms with E-state index in [-0.39, 0.29) is 0 Å². The topological polar surface area (TPSA) is 22.1 Å². The van der Waals surface area contributed by atoms with Gasteiger partial charge in [-0.1, -0.05) is 48.5 Å². The molecule has 0 bridgehead atoms. The van der Waals surface area contributed by atoms with E-state index in [4.69, 9.17) is 0 Å². The van der Waals surface area contributed by atoms with Gasteiger partial charge in [-0.15, -0.1) is 5.10 Å². The first-order chi connectivity index (χ1) is 9.27. The van der Waals surface area contributed by atoms with Crippen LogP contribution in [0, 0.1) is 0 Å². The summed E-state index contributed by atoms with van der Waals surface area (Å²) < 4.78 is 0. The predicted octanol–water partition coefficient (Wildman–Crippen LogP) is 2.56. The number of nitrogens with zero attached hydrogens (tertiary/aromatic N) is 4. The lowest BCUT2D eigenvalue weighted by molar-refractivity contribution is 0.253. The summed E-state index contributed by atoms with van der Waals surface area (Å²) in [5.41, 5.74) is 2.19. The van der Waals surface area contributed by atoms with Crippen molar-refractivity contribution in [1.82, 2.24) is 10.1 Å². The van der Waals surface area contributed by atoms with Crippen molar-refractivity contribution in [3.63, 3.8) is 0 Å². The molecule has 0 aromatic heterocycles. The molecule has 0 radical (unpaired) electrons. The lowest BCUT2D eigenvalue weighted by atomic mass is 10.2. The molecule has 0 atom stereocenters. The van der Waals surface area contributed by atoms with Gasteiger partial charge in [0.15, 0.2) is 5.84 Å². The number of rotatable bonds is 2. The van der Waals surface area contributed by atoms with Crippen molar-refractivity contribution in [3.8, 4) is 0 Å². The Morgan fingerprint density at radius 1 is 0.789 bits per heavy atom. The summed E-state index contributed by atoms with van der Waals surface area (Å²) in [5.74, 6) is 0.937. The quantitative estimate of drug-likeness (QED) is 0.820. The van der Waals surface area contributed by atoms with Gasteiger partial charge < -0.3 is 0 Å². The van der Waals surface area contributed by atoms with Crippen LogP contribution in [-0.2, 0) is 0 Å². The summed E-state index contributed by atoms with van der Waals surface area (Å²) in [6.45, 7) is 0. The third kappa shape index (κ3) is 2.01. The van der Waals surface area contributed by atoms with Crippen LogP contribution in [0.4, 0.5) is 5.69 Å². The zero-order valence-corrected chi connectivity index (χ0v) is 11.1. The highest BCUT2D eigenvalue weighted by molar-refractivity contribution is 6.00. The SMILES string of the molecule is CN1N=C(c2ccccc2)N(C)N1c1ccccc1. The Labute approximate surface area is 113 Å². The highest BCUT2D eigenvalue weighted by Crippen LogP contribution is 2.23. The molecule has 0 spiro atoms. The summed E-state index contributed by atoms with van der Waals surface area (Å²) in [4.78, 5) is 0. The smallest absolute Gasteiger partial charge is 0.177 e. The molecule has 2 aromatic carbocycles. The molecular formula is C15H16N4. The van der Waals surface area contributed by atoms with Crippen LogP contribution in [0.2, 0.25) is 0 Å². The molecule has 96 valence electrons. The summed E-state index contributed by atoms with van der Waals surface area (Å²) in [5, 5.41) is 10.5. The average Bonchev–Trinajstić information content (AvgIpc) is 2.76. The summed E-state index contributed by atoms with van der Waals surface area (Å²) in [7, 11) is 3.96. The maximum Gasteiger partial charge on any atom is 0.177 e. The van der Waals surface area contributed by atoms with Gasteiger partial charge in [0.25, 0.3) is 0 Å². The molecule has 0 saturated heterocycles. The third-order valence-corrected chi connectivity index (χ3v) is 3.12. The monoisotopic (exact) mass is 252 g/mol. The largest absolute Gasteiger partial charge is 0.249 e. The number of amidine groups is 1. The summed E-state index contributed by atoms with van der Waals surface area (Å²) in [6, 6.07) is 20.4. The van der Waals surface area contributed by atoms with Crippen LogP contribution in [0.25, 0.3) is 0 Å². The second-order valence-corrected chi connectivity index (χ2v) is 4.43. The van der Waals surface area contributed by atoms with Crippen LogP contribution in [0.15, 0.2) is 65.8 Å². The van der Waals surface area contributed by atoms with Crippen LogP contribution in [-0.4, -0.2) is 30.1 Å². The van der Waals surface area contributed by atoms with Crippen molar-refractivity contribution >= 4 is 11.5 Å². The van der Waals surface area contributed by atoms with Crippen LogP contribution >= 0.6 is 0 Å². The number of hydrogen-bond acceptors (Lipinski definition) is 4. The third-order valence-electron chi connectivity index (χ3n) is 3.12. The first-order valence-corrected chi connectivity index (χ1v) is 6.24. The van der Waals surface area contributed by atoms with Crippen LogP contribution < -0.4 is 5.12 Å². The second-order valence-electron chi connectivity index (χ2n) is 4.43. The Morgan fingerprint density at radius 2 is 1.37 bits per heavy atom. The van der Waals surface area contributed by atoms with Crippen molar-refractivity contribution in [1.29, 1.82) is 0 Å². The van der Waals surface area contributed by atoms with Gasteiger partial charge in [0.1, 0.15) is 0 Å². The number of para-hydroxylation sites is 1. The van der Waals surface area contributed by atoms with Crippen molar-refractivity contribution in [3.05, 3.63) is 66.2 Å². The van der Waals surface area contributed by atoms with E-state index in [2.05, 4.69) is 29.4 Å². The minimum Gasteiger partial charge on any atom is -0.249 e. The highest BCUT2D eigenvalue weighted by atomic mass is 16.0. The van der Waals surface area contributed by atoms with Gasteiger partial charge >= 0.3 is 0 Å². The van der Waals surface area contributed by atoms with Gasteiger partial charge in [-0.25, -0.2) is 5.01 Å². The molecule has 19 heavy (non-hydrogen) atoms. The van der Waals surface area contributed by atoms with Gasteiger partial charge in [0.2, 0.25) is 0 Å². The molecule has 0 saturated carbocycles. The Bertz CT molecular complexity index is 580. The van der Waals surface area contributed by atoms with Gasteiger partial charge in [-0.2, -0.15) is 10.2 Å². The highest BCUT2D eigenvalue weighted by Gasteiger charge is 2.27. The zero-order chi connectivity index (χ0) is 13.2. The summed E-state index contributed by atoms with van der Waals surface area (Å²) >= 11 is 0. The van der Waals surface area contributed by atoms with Gasteiger partial charge in [-0.3, -0.25) is 0 Å². The standard InChI is InChI=1S/C15H16N4/c1-17-15(13-9-5-3-6-10-13)16-18(2)19(17)14-11-7-4-8-12-14/h3-12H,1-2H3. The molecule has 3 rings (SSSR count). The number of anilines is 1. The van der Waals surface area contributed by atoms with E-state index in [1.807, 2.05) is 65.7 Å². The number of hydrazone groups is 1. The maximum atomic E-state index is 4.60. The first kappa shape index (κ1) is 11.6. The van der Waals surface area contributed by atoms with Crippen molar-refractivity contribution in [2.45, 2.75) is 0 Å². The van der Waals surface area contributed by atoms with Gasteiger partial charge in [-0.05, 0) is 12.1 Å². The predicted molar refractivity (Wildman–Crippen MR) is 77.4 cm³/mol. The molecule has 4 nitrogen and oxygen atoms in total. The Hall–Kier alpha value is -2.49. The number of hydrogen-bond donors (Lipinski definition) is 0. The molecule has 1 aliphatic rings. The van der Waals surface area contributed by atoms with Gasteiger partial charge in [0, 0.05) is 19.7 Å². The molecular weight excluding hydrogens is 236 g/mol. The molecule has 1 aliphatic heterocycles. The molecule has 0 fully saturated rings. The lowest BCUT2D eigenvalue weighted by Crippen LogP contribution is -2.44. The number of benzene rings is 2. The molecule has 0 amide bonds. The van der Waals surface area contributed by atoms with E-state index >= 15 is 0 Å². The fourth-order valence-electron chi connectivity index (χ4n) is 2.26. The minimum absolute atomic E-state index is 0.937. The van der Waals surface area contributed by atoms with Crippen LogP contribution in [0.5, 0.6) is 0 Å². The van der Waals surface area contributed by atoms with Crippen molar-refractivity contribution in [2.24, 2.45) is 5.10 Å². The van der Waals surface area contributed by atoms with E-state index in [0.29, 0.717) is 0 Å². The van der Waals surface area contributed by atoms with Crippen molar-refractivity contribution in [2.75, 3.05) is 19.2 Å². The molecule has 4 heteroatoms. The molecule has 1 heterocycles. The molecule has 0 N–H and O–H groups in total. The fourth-order valence-corrected chi connectivity index (χ4v) is 2.26. The van der Waals surface area contributed by atoms with E-state index in [9.17, 15) is 0 Å². The van der Waals surface area contributed by atoms with E-state index < -0.39 is 0 Å². The fraction of sp³-hybridized carbons (Fsp3) is 0.133. The zero-order valence-electron chi connectivity index (χ0n) is 11.1. The van der Waals surface area contributed by atoms with Crippen LogP contribution in [0.1, 0.15) is 5.56 Å². The van der Waals surface area contributed by atoms with Crippen LogP contribution in [0.3, 0.4) is 0 Å². The van der Waals surface area contributed by atoms with Gasteiger partial charge in [0.05, 0.1) is 5.69 Å². The molecule has 0 aliphatic carbocycles. The molecule has 0 unspecified atom stereocenters. The lowest BCUT2D eigenvalue weighted by Gasteiger charge is -2.31. The maximum absolute atomic E-state index is 4.60. The Balaban J connectivity index is 1.94. The van der Waals surface area contributed by atoms with E-state index in [0.717, 1.165) is 17.1 Å². The second kappa shape index (κ2) is 4.65. The normalized spacial score (nSPS) is 14.8. The number of hydrazine groups is 2. The first-order valence-electron chi connectivity index (χ1n) is 6.24.